The predicted molar refractivity (Wildman–Crippen MR) is 99.5 cm³/mol. The van der Waals surface area contributed by atoms with Crippen molar-refractivity contribution in [2.45, 2.75) is 52.2 Å². The molecule has 0 radical (unpaired) electrons. The molecule has 2 aliphatic heterocycles. The largest absolute Gasteiger partial charge is 0.341 e. The van der Waals surface area contributed by atoms with E-state index in [4.69, 9.17) is 0 Å². The Labute approximate surface area is 154 Å². The van der Waals surface area contributed by atoms with Crippen LogP contribution in [0, 0.1) is 6.92 Å². The summed E-state index contributed by atoms with van der Waals surface area (Å²) in [5.41, 5.74) is 2.66. The summed E-state index contributed by atoms with van der Waals surface area (Å²) in [6, 6.07) is 9.07. The fourth-order valence-corrected chi connectivity index (χ4v) is 4.26. The van der Waals surface area contributed by atoms with Gasteiger partial charge in [0.2, 0.25) is 5.91 Å². The second kappa shape index (κ2) is 7.19. The van der Waals surface area contributed by atoms with Crippen LogP contribution in [0.3, 0.4) is 0 Å². The molecule has 1 amide bonds. The first-order valence-corrected chi connectivity index (χ1v) is 9.59. The van der Waals surface area contributed by atoms with Gasteiger partial charge in [0.15, 0.2) is 0 Å². The predicted octanol–water partition coefficient (Wildman–Crippen LogP) is 2.33. The molecule has 3 heterocycles. The maximum Gasteiger partial charge on any atom is 0.219 e. The highest BCUT2D eigenvalue weighted by atomic mass is 16.2. The van der Waals surface area contributed by atoms with E-state index in [-0.39, 0.29) is 5.91 Å². The second-order valence-electron chi connectivity index (χ2n) is 7.50. The van der Waals surface area contributed by atoms with Crippen molar-refractivity contribution in [1.82, 2.24) is 24.6 Å². The summed E-state index contributed by atoms with van der Waals surface area (Å²) in [7, 11) is 0. The Morgan fingerprint density at radius 3 is 2.88 bits per heavy atom. The van der Waals surface area contributed by atoms with Crippen LogP contribution in [0.5, 0.6) is 0 Å². The highest BCUT2D eigenvalue weighted by Gasteiger charge is 2.32. The van der Waals surface area contributed by atoms with Gasteiger partial charge in [-0.15, -0.1) is 10.2 Å². The molecule has 6 nitrogen and oxygen atoms in total. The van der Waals surface area contributed by atoms with Crippen LogP contribution in [-0.4, -0.2) is 50.1 Å². The third-order valence-electron chi connectivity index (χ3n) is 5.63. The number of aryl methyl sites for hydroxylation is 1. The molecule has 4 rings (SSSR count). The van der Waals surface area contributed by atoms with Gasteiger partial charge in [-0.1, -0.05) is 29.8 Å². The van der Waals surface area contributed by atoms with E-state index in [0.29, 0.717) is 6.04 Å². The summed E-state index contributed by atoms with van der Waals surface area (Å²) in [6.07, 6.45) is 3.11. The Hall–Kier alpha value is -2.21. The van der Waals surface area contributed by atoms with Crippen LogP contribution in [0.25, 0.3) is 0 Å². The van der Waals surface area contributed by atoms with Crippen molar-refractivity contribution in [1.29, 1.82) is 0 Å². The number of carbonyl (C=O) groups excluding carboxylic acids is 1. The standard InChI is InChI=1S/C20H27N5O/c1-15-5-3-6-17(13-15)14-24-9-4-7-18(24)20-22-21-19-8-10-23(16(2)26)11-12-25(19)20/h3,5-6,13,18H,4,7-12,14H2,1-2H3/t18-/m0/s1. The average molecular weight is 353 g/mol. The van der Waals surface area contributed by atoms with E-state index in [9.17, 15) is 4.79 Å². The molecule has 0 bridgehead atoms. The number of fused-ring (bicyclic) bond motifs is 1. The number of aromatic nitrogens is 3. The van der Waals surface area contributed by atoms with Crippen molar-refractivity contribution in [3.05, 3.63) is 47.0 Å². The molecule has 0 aliphatic carbocycles. The fraction of sp³-hybridized carbons (Fsp3) is 0.550. The van der Waals surface area contributed by atoms with E-state index in [2.05, 4.69) is 50.9 Å². The van der Waals surface area contributed by atoms with Gasteiger partial charge in [0.25, 0.3) is 0 Å². The van der Waals surface area contributed by atoms with Crippen molar-refractivity contribution in [2.24, 2.45) is 0 Å². The van der Waals surface area contributed by atoms with Crippen LogP contribution in [0.1, 0.15) is 48.6 Å². The molecule has 0 N–H and O–H groups in total. The number of hydrogen-bond acceptors (Lipinski definition) is 4. The summed E-state index contributed by atoms with van der Waals surface area (Å²) in [4.78, 5) is 16.2. The normalized spacial score (nSPS) is 20.8. The maximum atomic E-state index is 11.7. The first kappa shape index (κ1) is 17.2. The molecule has 2 aliphatic rings. The molecule has 1 fully saturated rings. The Morgan fingerprint density at radius 1 is 1.19 bits per heavy atom. The summed E-state index contributed by atoms with van der Waals surface area (Å²) in [5, 5.41) is 9.03. The third-order valence-corrected chi connectivity index (χ3v) is 5.63. The number of rotatable bonds is 3. The molecule has 6 heteroatoms. The lowest BCUT2D eigenvalue weighted by atomic mass is 10.1. The van der Waals surface area contributed by atoms with Gasteiger partial charge >= 0.3 is 0 Å². The molecule has 1 saturated heterocycles. The number of carbonyl (C=O) groups is 1. The third kappa shape index (κ3) is 3.38. The number of hydrogen-bond donors (Lipinski definition) is 0. The van der Waals surface area contributed by atoms with E-state index in [1.807, 2.05) is 4.90 Å². The minimum absolute atomic E-state index is 0.146. The summed E-state index contributed by atoms with van der Waals surface area (Å²) >= 11 is 0. The van der Waals surface area contributed by atoms with Crippen LogP contribution < -0.4 is 0 Å². The molecule has 0 saturated carbocycles. The molecule has 26 heavy (non-hydrogen) atoms. The van der Waals surface area contributed by atoms with E-state index in [1.165, 1.54) is 17.5 Å². The number of likely N-dealkylation sites (tertiary alicyclic amines) is 1. The molecule has 0 unspecified atom stereocenters. The van der Waals surface area contributed by atoms with Crippen molar-refractivity contribution in [2.75, 3.05) is 19.6 Å². The molecule has 2 aromatic rings. The molecule has 1 aromatic heterocycles. The van der Waals surface area contributed by atoms with Crippen LogP contribution in [0.2, 0.25) is 0 Å². The Kier molecular flexibility index (Phi) is 4.76. The lowest BCUT2D eigenvalue weighted by molar-refractivity contribution is -0.128. The van der Waals surface area contributed by atoms with E-state index in [1.54, 1.807) is 6.92 Å². The Morgan fingerprint density at radius 2 is 2.08 bits per heavy atom. The minimum atomic E-state index is 0.146. The average Bonchev–Trinajstić information content (AvgIpc) is 3.15. The van der Waals surface area contributed by atoms with Gasteiger partial charge < -0.3 is 9.47 Å². The lowest BCUT2D eigenvalue weighted by Crippen LogP contribution is -2.32. The Balaban J connectivity index is 1.54. The van der Waals surface area contributed by atoms with Crippen LogP contribution in [-0.2, 0) is 24.3 Å². The topological polar surface area (TPSA) is 54.3 Å². The summed E-state index contributed by atoms with van der Waals surface area (Å²) in [6.45, 7) is 8.13. The summed E-state index contributed by atoms with van der Waals surface area (Å²) < 4.78 is 2.27. The van der Waals surface area contributed by atoms with Crippen molar-refractivity contribution >= 4 is 5.91 Å². The monoisotopic (exact) mass is 353 g/mol. The van der Waals surface area contributed by atoms with Crippen molar-refractivity contribution in [3.8, 4) is 0 Å². The van der Waals surface area contributed by atoms with Crippen molar-refractivity contribution < 1.29 is 4.79 Å². The van der Waals surface area contributed by atoms with Gasteiger partial charge in [-0.2, -0.15) is 0 Å². The lowest BCUT2D eigenvalue weighted by Gasteiger charge is -2.25. The SMILES string of the molecule is CC(=O)N1CCc2nnc([C@@H]3CCCN3Cc3cccc(C)c3)n2CC1. The molecule has 1 aromatic carbocycles. The van der Waals surface area contributed by atoms with Gasteiger partial charge in [-0.3, -0.25) is 9.69 Å². The van der Waals surface area contributed by atoms with E-state index in [0.717, 1.165) is 57.2 Å². The summed E-state index contributed by atoms with van der Waals surface area (Å²) in [5.74, 6) is 2.24. The zero-order valence-electron chi connectivity index (χ0n) is 15.7. The van der Waals surface area contributed by atoms with E-state index >= 15 is 0 Å². The van der Waals surface area contributed by atoms with Gasteiger partial charge in [-0.05, 0) is 31.9 Å². The second-order valence-corrected chi connectivity index (χ2v) is 7.50. The number of amides is 1. The molecule has 0 spiro atoms. The van der Waals surface area contributed by atoms with Crippen LogP contribution in [0.15, 0.2) is 24.3 Å². The maximum absolute atomic E-state index is 11.7. The number of benzene rings is 1. The molecule has 138 valence electrons. The number of nitrogens with zero attached hydrogens (tertiary/aromatic N) is 5. The van der Waals surface area contributed by atoms with E-state index < -0.39 is 0 Å². The quantitative estimate of drug-likeness (QED) is 0.850. The zero-order chi connectivity index (χ0) is 18.1. The van der Waals surface area contributed by atoms with Gasteiger partial charge in [0.05, 0.1) is 6.04 Å². The van der Waals surface area contributed by atoms with Gasteiger partial charge in [-0.25, -0.2) is 0 Å². The molecular formula is C20H27N5O. The smallest absolute Gasteiger partial charge is 0.219 e. The highest BCUT2D eigenvalue weighted by Crippen LogP contribution is 2.33. The Bertz CT molecular complexity index is 799. The first-order chi connectivity index (χ1) is 12.6. The van der Waals surface area contributed by atoms with Gasteiger partial charge in [0.1, 0.15) is 11.6 Å². The first-order valence-electron chi connectivity index (χ1n) is 9.59. The van der Waals surface area contributed by atoms with Crippen LogP contribution in [0.4, 0.5) is 0 Å². The van der Waals surface area contributed by atoms with Crippen LogP contribution >= 0.6 is 0 Å². The van der Waals surface area contributed by atoms with Crippen molar-refractivity contribution in [3.63, 3.8) is 0 Å². The zero-order valence-corrected chi connectivity index (χ0v) is 15.7. The molecule has 1 atom stereocenters. The fourth-order valence-electron chi connectivity index (χ4n) is 4.26. The van der Waals surface area contributed by atoms with Gasteiger partial charge in [0, 0.05) is 39.5 Å². The minimum Gasteiger partial charge on any atom is -0.341 e. The highest BCUT2D eigenvalue weighted by molar-refractivity contribution is 5.73. The molecular weight excluding hydrogens is 326 g/mol.